The van der Waals surface area contributed by atoms with E-state index in [0.29, 0.717) is 17.9 Å². The Hall–Kier alpha value is -2.96. The number of aromatic nitrogens is 5. The van der Waals surface area contributed by atoms with E-state index < -0.39 is 0 Å². The number of aromatic amines is 1. The van der Waals surface area contributed by atoms with Crippen molar-refractivity contribution in [1.82, 2.24) is 25.0 Å². The molecule has 3 aromatic rings. The monoisotopic (exact) mass is 282 g/mol. The third kappa shape index (κ3) is 2.66. The molecule has 2 N–H and O–H groups in total. The number of carbonyl (C=O) groups is 1. The molecule has 1 amide bonds. The average Bonchev–Trinajstić information content (AvgIpc) is 3.19. The van der Waals surface area contributed by atoms with Crippen LogP contribution in [0, 0.1) is 0 Å². The van der Waals surface area contributed by atoms with Gasteiger partial charge in [0.2, 0.25) is 5.82 Å². The molecule has 2 aromatic heterocycles. The Labute approximate surface area is 121 Å². The fourth-order valence-corrected chi connectivity index (χ4v) is 1.92. The molecule has 0 saturated carbocycles. The molecule has 0 aliphatic heterocycles. The van der Waals surface area contributed by atoms with Crippen LogP contribution in [0.3, 0.4) is 0 Å². The maximum Gasteiger partial charge on any atom is 0.295 e. The van der Waals surface area contributed by atoms with Gasteiger partial charge in [0.1, 0.15) is 5.82 Å². The lowest BCUT2D eigenvalue weighted by Crippen LogP contribution is -2.15. The third-order valence-corrected chi connectivity index (χ3v) is 2.97. The molecule has 0 aliphatic rings. The molecule has 2 heterocycles. The van der Waals surface area contributed by atoms with Crippen molar-refractivity contribution < 1.29 is 4.79 Å². The van der Waals surface area contributed by atoms with Crippen LogP contribution in [0.1, 0.15) is 23.4 Å². The van der Waals surface area contributed by atoms with E-state index in [4.69, 9.17) is 0 Å². The molecule has 106 valence electrons. The molecular weight excluding hydrogens is 268 g/mol. The van der Waals surface area contributed by atoms with Crippen molar-refractivity contribution in [2.75, 3.05) is 5.32 Å². The van der Waals surface area contributed by atoms with Crippen LogP contribution in [0.25, 0.3) is 5.69 Å². The van der Waals surface area contributed by atoms with Crippen LogP contribution in [0.2, 0.25) is 0 Å². The number of nitrogens with one attached hydrogen (secondary N) is 2. The number of nitrogens with zero attached hydrogens (tertiary/aromatic N) is 4. The van der Waals surface area contributed by atoms with Crippen LogP contribution < -0.4 is 5.32 Å². The number of anilines is 1. The standard InChI is InChI=1S/C14H14N6O/c1-2-12-17-13(19-18-12)14(21)16-10-6-3-4-7-11(10)20-9-5-8-15-20/h3-9H,2H2,1H3,(H,16,21)(H,17,18,19). The lowest BCUT2D eigenvalue weighted by Gasteiger charge is -2.09. The normalized spacial score (nSPS) is 10.5. The average molecular weight is 282 g/mol. The largest absolute Gasteiger partial charge is 0.317 e. The number of carbonyl (C=O) groups excluding carboxylic acids is 1. The maximum atomic E-state index is 12.2. The fraction of sp³-hybridized carbons (Fsp3) is 0.143. The molecule has 7 nitrogen and oxygen atoms in total. The molecule has 7 heteroatoms. The highest BCUT2D eigenvalue weighted by Crippen LogP contribution is 2.19. The van der Waals surface area contributed by atoms with Crippen LogP contribution >= 0.6 is 0 Å². The summed E-state index contributed by atoms with van der Waals surface area (Å²) in [6, 6.07) is 9.23. The zero-order valence-electron chi connectivity index (χ0n) is 11.4. The lowest BCUT2D eigenvalue weighted by atomic mass is 10.2. The third-order valence-electron chi connectivity index (χ3n) is 2.97. The number of hydrogen-bond acceptors (Lipinski definition) is 4. The summed E-state index contributed by atoms with van der Waals surface area (Å²) in [6.07, 6.45) is 4.19. The van der Waals surface area contributed by atoms with Crippen molar-refractivity contribution in [2.45, 2.75) is 13.3 Å². The fourth-order valence-electron chi connectivity index (χ4n) is 1.92. The summed E-state index contributed by atoms with van der Waals surface area (Å²) in [5.41, 5.74) is 1.43. The van der Waals surface area contributed by atoms with E-state index >= 15 is 0 Å². The van der Waals surface area contributed by atoms with Crippen molar-refractivity contribution in [3.8, 4) is 5.69 Å². The number of para-hydroxylation sites is 2. The first-order valence-electron chi connectivity index (χ1n) is 6.59. The van der Waals surface area contributed by atoms with E-state index in [-0.39, 0.29) is 11.7 Å². The number of hydrogen-bond donors (Lipinski definition) is 2. The van der Waals surface area contributed by atoms with Gasteiger partial charge in [0.05, 0.1) is 11.4 Å². The van der Waals surface area contributed by atoms with Gasteiger partial charge in [-0.05, 0) is 18.2 Å². The second-order valence-electron chi connectivity index (χ2n) is 4.38. The van der Waals surface area contributed by atoms with Crippen LogP contribution in [0.15, 0.2) is 42.7 Å². The molecule has 0 radical (unpaired) electrons. The summed E-state index contributed by atoms with van der Waals surface area (Å²) in [5, 5.41) is 13.6. The lowest BCUT2D eigenvalue weighted by molar-refractivity contribution is 0.101. The van der Waals surface area contributed by atoms with E-state index in [1.165, 1.54) is 0 Å². The van der Waals surface area contributed by atoms with Crippen molar-refractivity contribution in [1.29, 1.82) is 0 Å². The minimum absolute atomic E-state index is 0.127. The Bertz CT molecular complexity index is 746. The molecular formula is C14H14N6O. The van der Waals surface area contributed by atoms with E-state index in [1.54, 1.807) is 10.9 Å². The summed E-state index contributed by atoms with van der Waals surface area (Å²) < 4.78 is 1.69. The minimum atomic E-state index is -0.356. The zero-order chi connectivity index (χ0) is 14.7. The highest BCUT2D eigenvalue weighted by Gasteiger charge is 2.14. The van der Waals surface area contributed by atoms with E-state index in [2.05, 4.69) is 25.6 Å². The first-order chi connectivity index (χ1) is 10.3. The van der Waals surface area contributed by atoms with Gasteiger partial charge in [0.25, 0.3) is 5.91 Å². The number of benzene rings is 1. The smallest absolute Gasteiger partial charge is 0.295 e. The van der Waals surface area contributed by atoms with Gasteiger partial charge in [-0.15, -0.1) is 5.10 Å². The van der Waals surface area contributed by atoms with Gasteiger partial charge in [-0.2, -0.15) is 5.10 Å². The van der Waals surface area contributed by atoms with Gasteiger partial charge in [-0.1, -0.05) is 19.1 Å². The van der Waals surface area contributed by atoms with Gasteiger partial charge < -0.3 is 5.32 Å². The predicted molar refractivity (Wildman–Crippen MR) is 77.3 cm³/mol. The zero-order valence-corrected chi connectivity index (χ0v) is 11.4. The van der Waals surface area contributed by atoms with Crippen molar-refractivity contribution >= 4 is 11.6 Å². The minimum Gasteiger partial charge on any atom is -0.317 e. The Morgan fingerprint density at radius 1 is 1.33 bits per heavy atom. The highest BCUT2D eigenvalue weighted by atomic mass is 16.2. The van der Waals surface area contributed by atoms with Gasteiger partial charge in [-0.3, -0.25) is 9.89 Å². The summed E-state index contributed by atoms with van der Waals surface area (Å²) in [7, 11) is 0. The van der Waals surface area contributed by atoms with Gasteiger partial charge in [0, 0.05) is 18.8 Å². The molecule has 0 atom stereocenters. The Morgan fingerprint density at radius 2 is 2.19 bits per heavy atom. The van der Waals surface area contributed by atoms with Crippen molar-refractivity contribution in [3.05, 3.63) is 54.4 Å². The quantitative estimate of drug-likeness (QED) is 0.763. The van der Waals surface area contributed by atoms with E-state index in [9.17, 15) is 4.79 Å². The van der Waals surface area contributed by atoms with Crippen LogP contribution in [0.5, 0.6) is 0 Å². The predicted octanol–water partition coefficient (Wildman–Crippen LogP) is 1.81. The van der Waals surface area contributed by atoms with Crippen LogP contribution in [-0.2, 0) is 6.42 Å². The van der Waals surface area contributed by atoms with Gasteiger partial charge >= 0.3 is 0 Å². The molecule has 21 heavy (non-hydrogen) atoms. The molecule has 0 aliphatic carbocycles. The molecule has 0 spiro atoms. The number of H-pyrrole nitrogens is 1. The topological polar surface area (TPSA) is 88.5 Å². The highest BCUT2D eigenvalue weighted by molar-refractivity contribution is 6.02. The summed E-state index contributed by atoms with van der Waals surface area (Å²) in [4.78, 5) is 16.3. The Balaban J connectivity index is 1.86. The van der Waals surface area contributed by atoms with Crippen molar-refractivity contribution in [3.63, 3.8) is 0 Å². The second kappa shape index (κ2) is 5.58. The molecule has 0 bridgehead atoms. The Morgan fingerprint density at radius 3 is 2.90 bits per heavy atom. The van der Waals surface area contributed by atoms with E-state index in [0.717, 1.165) is 5.69 Å². The number of aryl methyl sites for hydroxylation is 1. The molecule has 0 saturated heterocycles. The summed E-state index contributed by atoms with van der Waals surface area (Å²) in [5.74, 6) is 0.452. The number of rotatable bonds is 4. The summed E-state index contributed by atoms with van der Waals surface area (Å²) >= 11 is 0. The van der Waals surface area contributed by atoms with Crippen molar-refractivity contribution in [2.24, 2.45) is 0 Å². The van der Waals surface area contributed by atoms with E-state index in [1.807, 2.05) is 43.5 Å². The first-order valence-corrected chi connectivity index (χ1v) is 6.59. The molecule has 0 unspecified atom stereocenters. The number of amides is 1. The van der Waals surface area contributed by atoms with Gasteiger partial charge in [0.15, 0.2) is 0 Å². The van der Waals surface area contributed by atoms with Gasteiger partial charge in [-0.25, -0.2) is 9.67 Å². The summed E-state index contributed by atoms with van der Waals surface area (Å²) in [6.45, 7) is 1.94. The molecule has 0 fully saturated rings. The maximum absolute atomic E-state index is 12.2. The van der Waals surface area contributed by atoms with Crippen LogP contribution in [-0.4, -0.2) is 30.9 Å². The SMILES string of the molecule is CCc1nc(C(=O)Nc2ccccc2-n2cccn2)n[nH]1. The first kappa shape index (κ1) is 13.0. The molecule has 3 rings (SSSR count). The molecule has 1 aromatic carbocycles. The van der Waals surface area contributed by atoms with Crippen LogP contribution in [0.4, 0.5) is 5.69 Å². The second-order valence-corrected chi connectivity index (χ2v) is 4.38. The Kier molecular flexibility index (Phi) is 3.46.